The van der Waals surface area contributed by atoms with Gasteiger partial charge in [-0.05, 0) is 19.3 Å². The molecule has 1 heterocycles. The van der Waals surface area contributed by atoms with Crippen LogP contribution in [0.2, 0.25) is 0 Å². The van der Waals surface area contributed by atoms with E-state index in [9.17, 15) is 9.90 Å². The number of hydrogen-bond donors (Lipinski definition) is 2. The van der Waals surface area contributed by atoms with Crippen molar-refractivity contribution in [3.8, 4) is 0 Å². The summed E-state index contributed by atoms with van der Waals surface area (Å²) in [4.78, 5) is 11.3. The normalized spacial score (nSPS) is 45.9. The van der Waals surface area contributed by atoms with Crippen LogP contribution in [0.5, 0.6) is 0 Å². The molecule has 0 radical (unpaired) electrons. The third-order valence-corrected chi connectivity index (χ3v) is 4.66. The molecule has 3 rings (SSSR count). The van der Waals surface area contributed by atoms with Crippen molar-refractivity contribution in [3.63, 3.8) is 0 Å². The van der Waals surface area contributed by atoms with Crippen LogP contribution in [0.15, 0.2) is 11.3 Å². The molecule has 0 aromatic carbocycles. The molecule has 3 atom stereocenters. The standard InChI is InChI=1S/C12H17NO3/c1-11-4-2-3-5-12(11)9(16-12)8(14)7(6-11)10(13)15/h9,14H,2-6H2,1H3,(H2,13,15)/t9-,11+,12-/m1/s1. The van der Waals surface area contributed by atoms with Gasteiger partial charge in [-0.3, -0.25) is 4.79 Å². The minimum absolute atomic E-state index is 0.0213. The van der Waals surface area contributed by atoms with Gasteiger partial charge in [0, 0.05) is 5.41 Å². The first-order valence-electron chi connectivity index (χ1n) is 5.90. The largest absolute Gasteiger partial charge is 0.509 e. The van der Waals surface area contributed by atoms with Crippen LogP contribution >= 0.6 is 0 Å². The van der Waals surface area contributed by atoms with E-state index in [1.165, 1.54) is 6.42 Å². The van der Waals surface area contributed by atoms with Crippen LogP contribution < -0.4 is 5.73 Å². The van der Waals surface area contributed by atoms with Crippen LogP contribution in [0, 0.1) is 5.41 Å². The second-order valence-electron chi connectivity index (χ2n) is 5.56. The van der Waals surface area contributed by atoms with E-state index in [1.807, 2.05) is 0 Å². The molecule has 1 saturated carbocycles. The predicted octanol–water partition coefficient (Wildman–Crippen LogP) is 1.41. The molecule has 2 fully saturated rings. The Morgan fingerprint density at radius 2 is 2.19 bits per heavy atom. The summed E-state index contributed by atoms with van der Waals surface area (Å²) in [5.41, 5.74) is 5.46. The van der Waals surface area contributed by atoms with E-state index in [4.69, 9.17) is 10.5 Å². The lowest BCUT2D eigenvalue weighted by Crippen LogP contribution is -2.45. The number of epoxide rings is 1. The van der Waals surface area contributed by atoms with Gasteiger partial charge >= 0.3 is 0 Å². The van der Waals surface area contributed by atoms with Crippen molar-refractivity contribution in [3.05, 3.63) is 11.3 Å². The lowest BCUT2D eigenvalue weighted by atomic mass is 9.60. The summed E-state index contributed by atoms with van der Waals surface area (Å²) in [5.74, 6) is -0.416. The van der Waals surface area contributed by atoms with Crippen LogP contribution in [-0.4, -0.2) is 22.7 Å². The molecule has 1 spiro atoms. The maximum absolute atomic E-state index is 11.3. The monoisotopic (exact) mass is 223 g/mol. The second-order valence-corrected chi connectivity index (χ2v) is 5.56. The SMILES string of the molecule is C[C@@]12CCCC[C@]13O[C@@H]3C(O)=C(C(N)=O)C2. The fourth-order valence-electron chi connectivity index (χ4n) is 3.61. The Labute approximate surface area is 94.5 Å². The van der Waals surface area contributed by atoms with Gasteiger partial charge in [0.2, 0.25) is 5.91 Å². The van der Waals surface area contributed by atoms with E-state index >= 15 is 0 Å². The van der Waals surface area contributed by atoms with E-state index in [0.717, 1.165) is 19.3 Å². The first-order chi connectivity index (χ1) is 7.50. The van der Waals surface area contributed by atoms with Gasteiger partial charge in [-0.1, -0.05) is 19.8 Å². The topological polar surface area (TPSA) is 75.8 Å². The molecule has 4 nitrogen and oxygen atoms in total. The van der Waals surface area contributed by atoms with Gasteiger partial charge in [0.1, 0.15) is 17.5 Å². The Hall–Kier alpha value is -1.03. The molecule has 0 unspecified atom stereocenters. The smallest absolute Gasteiger partial charge is 0.248 e. The molecule has 4 heteroatoms. The molecule has 3 N–H and O–H groups in total. The van der Waals surface area contributed by atoms with Gasteiger partial charge < -0.3 is 15.6 Å². The summed E-state index contributed by atoms with van der Waals surface area (Å²) in [6, 6.07) is 0. The van der Waals surface area contributed by atoms with Gasteiger partial charge in [0.25, 0.3) is 0 Å². The number of primary amides is 1. The maximum atomic E-state index is 11.3. The maximum Gasteiger partial charge on any atom is 0.248 e. The number of carbonyl (C=O) groups excluding carboxylic acids is 1. The summed E-state index contributed by atoms with van der Waals surface area (Å²) in [6.07, 6.45) is 4.64. The quantitative estimate of drug-likeness (QED) is 0.660. The predicted molar refractivity (Wildman–Crippen MR) is 57.6 cm³/mol. The highest BCUT2D eigenvalue weighted by molar-refractivity contribution is 5.93. The van der Waals surface area contributed by atoms with Gasteiger partial charge in [0.05, 0.1) is 5.57 Å². The van der Waals surface area contributed by atoms with Crippen molar-refractivity contribution in [1.29, 1.82) is 0 Å². The molecule has 1 aliphatic heterocycles. The highest BCUT2D eigenvalue weighted by Crippen LogP contribution is 2.65. The summed E-state index contributed by atoms with van der Waals surface area (Å²) < 4.78 is 5.75. The number of rotatable bonds is 1. The van der Waals surface area contributed by atoms with E-state index in [1.54, 1.807) is 0 Å². The molecule has 88 valence electrons. The molecule has 1 saturated heterocycles. The van der Waals surface area contributed by atoms with Crippen molar-refractivity contribution < 1.29 is 14.6 Å². The fourth-order valence-corrected chi connectivity index (χ4v) is 3.61. The zero-order valence-corrected chi connectivity index (χ0v) is 9.45. The number of nitrogens with two attached hydrogens (primary N) is 1. The molecule has 1 amide bonds. The number of aliphatic hydroxyl groups is 1. The second kappa shape index (κ2) is 2.80. The van der Waals surface area contributed by atoms with E-state index in [-0.39, 0.29) is 22.9 Å². The Bertz CT molecular complexity index is 403. The number of amides is 1. The number of hydrogen-bond acceptors (Lipinski definition) is 3. The Balaban J connectivity index is 2.04. The third-order valence-electron chi connectivity index (χ3n) is 4.66. The molecule has 0 bridgehead atoms. The lowest BCUT2D eigenvalue weighted by molar-refractivity contribution is -0.115. The summed E-state index contributed by atoms with van der Waals surface area (Å²) in [6.45, 7) is 2.15. The van der Waals surface area contributed by atoms with Gasteiger partial charge in [0.15, 0.2) is 0 Å². The minimum atomic E-state index is -0.506. The minimum Gasteiger partial charge on any atom is -0.509 e. The third kappa shape index (κ3) is 1.01. The average molecular weight is 223 g/mol. The summed E-state index contributed by atoms with van der Waals surface area (Å²) in [5, 5.41) is 9.95. The molecule has 2 aliphatic carbocycles. The number of ether oxygens (including phenoxy) is 1. The Morgan fingerprint density at radius 3 is 2.88 bits per heavy atom. The molecule has 0 aromatic heterocycles. The zero-order valence-electron chi connectivity index (χ0n) is 9.45. The van der Waals surface area contributed by atoms with Crippen LogP contribution in [0.1, 0.15) is 39.0 Å². The average Bonchev–Trinajstić information content (AvgIpc) is 2.95. The van der Waals surface area contributed by atoms with Crippen molar-refractivity contribution in [1.82, 2.24) is 0 Å². The summed E-state index contributed by atoms with van der Waals surface area (Å²) in [7, 11) is 0. The lowest BCUT2D eigenvalue weighted by Gasteiger charge is -2.42. The van der Waals surface area contributed by atoms with Crippen LogP contribution in [-0.2, 0) is 9.53 Å². The van der Waals surface area contributed by atoms with Crippen LogP contribution in [0.25, 0.3) is 0 Å². The molecular formula is C12H17NO3. The first kappa shape index (κ1) is 10.1. The number of carbonyl (C=O) groups is 1. The van der Waals surface area contributed by atoms with Gasteiger partial charge in [-0.2, -0.15) is 0 Å². The van der Waals surface area contributed by atoms with Gasteiger partial charge in [-0.15, -0.1) is 0 Å². The first-order valence-corrected chi connectivity index (χ1v) is 5.90. The summed E-state index contributed by atoms with van der Waals surface area (Å²) >= 11 is 0. The highest BCUT2D eigenvalue weighted by atomic mass is 16.6. The zero-order chi connectivity index (χ0) is 11.6. The molecule has 3 aliphatic rings. The van der Waals surface area contributed by atoms with Crippen LogP contribution in [0.4, 0.5) is 0 Å². The molecular weight excluding hydrogens is 206 g/mol. The molecule has 16 heavy (non-hydrogen) atoms. The van der Waals surface area contributed by atoms with E-state index in [2.05, 4.69) is 6.92 Å². The van der Waals surface area contributed by atoms with E-state index < -0.39 is 5.91 Å². The van der Waals surface area contributed by atoms with Crippen molar-refractivity contribution in [2.24, 2.45) is 11.1 Å². The molecule has 0 aromatic rings. The van der Waals surface area contributed by atoms with Crippen LogP contribution in [0.3, 0.4) is 0 Å². The van der Waals surface area contributed by atoms with Crippen molar-refractivity contribution >= 4 is 5.91 Å². The Morgan fingerprint density at radius 1 is 1.50 bits per heavy atom. The Kier molecular flexibility index (Phi) is 1.78. The van der Waals surface area contributed by atoms with Crippen molar-refractivity contribution in [2.75, 3.05) is 0 Å². The van der Waals surface area contributed by atoms with E-state index in [0.29, 0.717) is 12.0 Å². The van der Waals surface area contributed by atoms with Crippen molar-refractivity contribution in [2.45, 2.75) is 50.7 Å². The fraction of sp³-hybridized carbons (Fsp3) is 0.750. The van der Waals surface area contributed by atoms with Gasteiger partial charge in [-0.25, -0.2) is 0 Å². The number of aliphatic hydroxyl groups excluding tert-OH is 1. The highest BCUT2D eigenvalue weighted by Gasteiger charge is 2.71.